The highest BCUT2D eigenvalue weighted by Crippen LogP contribution is 2.25. The first-order chi connectivity index (χ1) is 7.09. The van der Waals surface area contributed by atoms with Gasteiger partial charge in [0.1, 0.15) is 0 Å². The fourth-order valence-corrected chi connectivity index (χ4v) is 2.17. The minimum absolute atomic E-state index is 0.169. The molecule has 0 unspecified atom stereocenters. The van der Waals surface area contributed by atoms with E-state index in [4.69, 9.17) is 10.2 Å². The van der Waals surface area contributed by atoms with Crippen LogP contribution in [0.4, 0.5) is 0 Å². The SMILES string of the molecule is O=C(O)c1cc2ccsc2cc1C(=O)O. The summed E-state index contributed by atoms with van der Waals surface area (Å²) in [6.45, 7) is 0. The van der Waals surface area contributed by atoms with Crippen molar-refractivity contribution in [3.8, 4) is 0 Å². The van der Waals surface area contributed by atoms with Gasteiger partial charge in [-0.15, -0.1) is 11.3 Å². The Labute approximate surface area is 88.4 Å². The average molecular weight is 222 g/mol. The van der Waals surface area contributed by atoms with Gasteiger partial charge in [0.25, 0.3) is 0 Å². The van der Waals surface area contributed by atoms with Crippen LogP contribution in [0.5, 0.6) is 0 Å². The van der Waals surface area contributed by atoms with Crippen LogP contribution in [-0.4, -0.2) is 22.2 Å². The number of hydrogen-bond acceptors (Lipinski definition) is 3. The second kappa shape index (κ2) is 3.36. The molecular weight excluding hydrogens is 216 g/mol. The Morgan fingerprint density at radius 2 is 1.67 bits per heavy atom. The lowest BCUT2D eigenvalue weighted by molar-refractivity contribution is 0.0652. The highest BCUT2D eigenvalue weighted by Gasteiger charge is 2.17. The standard InChI is InChI=1S/C10H6O4S/c11-9(12)6-3-5-1-2-15-8(5)4-7(6)10(13)14/h1-4H,(H,11,12)(H,13,14). The van der Waals surface area contributed by atoms with Gasteiger partial charge in [0.15, 0.2) is 0 Å². The van der Waals surface area contributed by atoms with Gasteiger partial charge in [0.2, 0.25) is 0 Å². The molecule has 2 N–H and O–H groups in total. The molecule has 0 saturated carbocycles. The number of thiophene rings is 1. The summed E-state index contributed by atoms with van der Waals surface area (Å²) in [7, 11) is 0. The molecule has 0 fully saturated rings. The van der Waals surface area contributed by atoms with E-state index in [1.165, 1.54) is 23.5 Å². The molecule has 1 aromatic heterocycles. The molecule has 0 aliphatic carbocycles. The lowest BCUT2D eigenvalue weighted by Gasteiger charge is -2.01. The third-order valence-electron chi connectivity index (χ3n) is 2.05. The quantitative estimate of drug-likeness (QED) is 0.817. The molecule has 5 heteroatoms. The summed E-state index contributed by atoms with van der Waals surface area (Å²) in [6, 6.07) is 4.54. The summed E-state index contributed by atoms with van der Waals surface area (Å²) in [5, 5.41) is 20.3. The minimum atomic E-state index is -1.22. The van der Waals surface area contributed by atoms with Gasteiger partial charge in [-0.2, -0.15) is 0 Å². The number of carboxylic acids is 2. The molecule has 0 radical (unpaired) electrons. The highest BCUT2D eigenvalue weighted by molar-refractivity contribution is 7.17. The molecule has 2 rings (SSSR count). The van der Waals surface area contributed by atoms with E-state index in [1.807, 2.05) is 0 Å². The third-order valence-corrected chi connectivity index (χ3v) is 2.93. The van der Waals surface area contributed by atoms with E-state index in [-0.39, 0.29) is 11.1 Å². The topological polar surface area (TPSA) is 74.6 Å². The number of benzene rings is 1. The van der Waals surface area contributed by atoms with Gasteiger partial charge in [-0.05, 0) is 29.0 Å². The first-order valence-electron chi connectivity index (χ1n) is 4.07. The lowest BCUT2D eigenvalue weighted by atomic mass is 10.1. The molecule has 1 aromatic carbocycles. The Hall–Kier alpha value is -1.88. The van der Waals surface area contributed by atoms with E-state index in [9.17, 15) is 9.59 Å². The number of carboxylic acid groups (broad SMARTS) is 2. The van der Waals surface area contributed by atoms with E-state index >= 15 is 0 Å². The van der Waals surface area contributed by atoms with Gasteiger partial charge in [-0.3, -0.25) is 0 Å². The van der Waals surface area contributed by atoms with Crippen molar-refractivity contribution < 1.29 is 19.8 Å². The summed E-state index contributed by atoms with van der Waals surface area (Å²) >= 11 is 1.38. The zero-order valence-corrected chi connectivity index (χ0v) is 8.25. The summed E-state index contributed by atoms with van der Waals surface area (Å²) in [6.07, 6.45) is 0. The van der Waals surface area contributed by atoms with Crippen LogP contribution in [0.3, 0.4) is 0 Å². The van der Waals surface area contributed by atoms with Crippen LogP contribution in [0.15, 0.2) is 23.6 Å². The number of aromatic carboxylic acids is 2. The molecule has 0 saturated heterocycles. The van der Waals surface area contributed by atoms with Crippen molar-refractivity contribution in [3.63, 3.8) is 0 Å². The van der Waals surface area contributed by atoms with Gasteiger partial charge in [-0.1, -0.05) is 0 Å². The third kappa shape index (κ3) is 1.57. The summed E-state index contributed by atoms with van der Waals surface area (Å²) in [5.41, 5.74) is -0.342. The van der Waals surface area contributed by atoms with E-state index in [0.717, 1.165) is 10.1 Å². The van der Waals surface area contributed by atoms with Crippen LogP contribution in [0.1, 0.15) is 20.7 Å². The van der Waals surface area contributed by atoms with Crippen LogP contribution in [0.25, 0.3) is 10.1 Å². The highest BCUT2D eigenvalue weighted by atomic mass is 32.1. The fourth-order valence-electron chi connectivity index (χ4n) is 1.36. The van der Waals surface area contributed by atoms with Crippen molar-refractivity contribution in [2.45, 2.75) is 0 Å². The molecule has 0 aliphatic heterocycles. The predicted octanol–water partition coefficient (Wildman–Crippen LogP) is 2.30. The number of hydrogen-bond donors (Lipinski definition) is 2. The van der Waals surface area contributed by atoms with Crippen molar-refractivity contribution in [1.29, 1.82) is 0 Å². The van der Waals surface area contributed by atoms with Crippen LogP contribution >= 0.6 is 11.3 Å². The van der Waals surface area contributed by atoms with Gasteiger partial charge in [0, 0.05) is 4.70 Å². The van der Waals surface area contributed by atoms with Crippen molar-refractivity contribution in [1.82, 2.24) is 0 Å². The minimum Gasteiger partial charge on any atom is -0.478 e. The second-order valence-corrected chi connectivity index (χ2v) is 3.91. The fraction of sp³-hybridized carbons (Fsp3) is 0. The van der Waals surface area contributed by atoms with Crippen molar-refractivity contribution in [2.75, 3.05) is 0 Å². The Morgan fingerprint density at radius 1 is 1.07 bits per heavy atom. The maximum atomic E-state index is 10.8. The molecule has 4 nitrogen and oxygen atoms in total. The van der Waals surface area contributed by atoms with Gasteiger partial charge in [0.05, 0.1) is 11.1 Å². The Bertz CT molecular complexity index is 508. The Morgan fingerprint density at radius 3 is 2.27 bits per heavy atom. The van der Waals surface area contributed by atoms with Gasteiger partial charge in [-0.25, -0.2) is 9.59 Å². The largest absolute Gasteiger partial charge is 0.478 e. The molecule has 0 amide bonds. The molecule has 1 heterocycles. The first kappa shape index (κ1) is 9.67. The van der Waals surface area contributed by atoms with Crippen LogP contribution in [0, 0.1) is 0 Å². The van der Waals surface area contributed by atoms with Gasteiger partial charge >= 0.3 is 11.9 Å². The van der Waals surface area contributed by atoms with Crippen molar-refractivity contribution in [2.24, 2.45) is 0 Å². The zero-order valence-electron chi connectivity index (χ0n) is 7.43. The van der Waals surface area contributed by atoms with E-state index in [1.54, 1.807) is 11.4 Å². The average Bonchev–Trinajstić information content (AvgIpc) is 2.61. The second-order valence-electron chi connectivity index (χ2n) is 2.97. The molecule has 0 aliphatic rings. The monoisotopic (exact) mass is 222 g/mol. The molecule has 0 bridgehead atoms. The smallest absolute Gasteiger partial charge is 0.336 e. The normalized spacial score (nSPS) is 10.4. The van der Waals surface area contributed by atoms with E-state index < -0.39 is 11.9 Å². The molecule has 0 spiro atoms. The Kier molecular flexibility index (Phi) is 2.17. The summed E-state index contributed by atoms with van der Waals surface area (Å²) in [4.78, 5) is 21.7. The zero-order chi connectivity index (χ0) is 11.0. The summed E-state index contributed by atoms with van der Waals surface area (Å²) in [5.74, 6) is -2.44. The number of carbonyl (C=O) groups is 2. The predicted molar refractivity (Wildman–Crippen MR) is 55.7 cm³/mol. The van der Waals surface area contributed by atoms with Crippen LogP contribution < -0.4 is 0 Å². The van der Waals surface area contributed by atoms with Crippen molar-refractivity contribution in [3.05, 3.63) is 34.7 Å². The first-order valence-corrected chi connectivity index (χ1v) is 4.95. The van der Waals surface area contributed by atoms with Crippen molar-refractivity contribution >= 4 is 33.4 Å². The molecular formula is C10H6O4S. The lowest BCUT2D eigenvalue weighted by Crippen LogP contribution is -2.07. The number of fused-ring (bicyclic) bond motifs is 1. The molecule has 15 heavy (non-hydrogen) atoms. The maximum Gasteiger partial charge on any atom is 0.336 e. The van der Waals surface area contributed by atoms with Gasteiger partial charge < -0.3 is 10.2 Å². The molecule has 2 aromatic rings. The molecule has 0 atom stereocenters. The molecule has 76 valence electrons. The van der Waals surface area contributed by atoms with E-state index in [0.29, 0.717) is 0 Å². The maximum absolute atomic E-state index is 10.8. The van der Waals surface area contributed by atoms with Crippen LogP contribution in [-0.2, 0) is 0 Å². The van der Waals surface area contributed by atoms with E-state index in [2.05, 4.69) is 0 Å². The number of rotatable bonds is 2. The summed E-state index contributed by atoms with van der Waals surface area (Å²) < 4.78 is 0.775. The Balaban J connectivity index is 2.79. The van der Waals surface area contributed by atoms with Crippen LogP contribution in [0.2, 0.25) is 0 Å².